The third-order valence-electron chi connectivity index (χ3n) is 2.86. The number of ether oxygens (including phenoxy) is 1. The van der Waals surface area contributed by atoms with E-state index in [0.717, 1.165) is 0 Å². The standard InChI is InChI=1S/C15H14ClN3O2S/c1-21-11-6-4-5-10(9-11)19(15(17)22)18-14(20)12-7-2-3-8-13(12)16/h2-9H,1H3,(H2,17,22)(H,18,20). The van der Waals surface area contributed by atoms with Crippen LogP contribution >= 0.6 is 23.8 Å². The Morgan fingerprint density at radius 2 is 2.00 bits per heavy atom. The Morgan fingerprint density at radius 1 is 1.27 bits per heavy atom. The van der Waals surface area contributed by atoms with E-state index in [1.165, 1.54) is 5.01 Å². The minimum atomic E-state index is -0.416. The SMILES string of the molecule is COc1cccc(N(NC(=O)c2ccccc2Cl)C(N)=S)c1. The highest BCUT2D eigenvalue weighted by Crippen LogP contribution is 2.21. The van der Waals surface area contributed by atoms with Gasteiger partial charge in [-0.1, -0.05) is 29.8 Å². The largest absolute Gasteiger partial charge is 0.497 e. The van der Waals surface area contributed by atoms with Crippen LogP contribution in [0.2, 0.25) is 5.02 Å². The van der Waals surface area contributed by atoms with Gasteiger partial charge >= 0.3 is 0 Å². The van der Waals surface area contributed by atoms with E-state index in [2.05, 4.69) is 5.43 Å². The molecule has 0 heterocycles. The Morgan fingerprint density at radius 3 is 2.64 bits per heavy atom. The first-order chi connectivity index (χ1) is 10.5. The predicted molar refractivity (Wildman–Crippen MR) is 91.2 cm³/mol. The van der Waals surface area contributed by atoms with E-state index in [9.17, 15) is 4.79 Å². The highest BCUT2D eigenvalue weighted by molar-refractivity contribution is 7.80. The average molecular weight is 336 g/mol. The van der Waals surface area contributed by atoms with Gasteiger partial charge in [0.15, 0.2) is 5.11 Å². The van der Waals surface area contributed by atoms with Crippen molar-refractivity contribution in [2.45, 2.75) is 0 Å². The van der Waals surface area contributed by atoms with Gasteiger partial charge in [-0.2, -0.15) is 0 Å². The molecule has 2 aromatic rings. The topological polar surface area (TPSA) is 67.6 Å². The minimum Gasteiger partial charge on any atom is -0.497 e. The molecule has 0 unspecified atom stereocenters. The lowest BCUT2D eigenvalue weighted by atomic mass is 10.2. The monoisotopic (exact) mass is 335 g/mol. The van der Waals surface area contributed by atoms with Gasteiger partial charge in [-0.3, -0.25) is 10.2 Å². The smallest absolute Gasteiger partial charge is 0.271 e. The molecule has 2 aromatic carbocycles. The van der Waals surface area contributed by atoms with Gasteiger partial charge in [0.1, 0.15) is 5.75 Å². The number of hydrazine groups is 1. The number of rotatable bonds is 3. The summed E-state index contributed by atoms with van der Waals surface area (Å²) in [5.41, 5.74) is 9.23. The highest BCUT2D eigenvalue weighted by Gasteiger charge is 2.16. The summed E-state index contributed by atoms with van der Waals surface area (Å²) in [6.07, 6.45) is 0. The molecule has 0 radical (unpaired) electrons. The molecule has 0 aromatic heterocycles. The highest BCUT2D eigenvalue weighted by atomic mass is 35.5. The van der Waals surface area contributed by atoms with E-state index in [0.29, 0.717) is 22.0 Å². The van der Waals surface area contributed by atoms with Crippen molar-refractivity contribution in [2.24, 2.45) is 5.73 Å². The number of halogens is 1. The second kappa shape index (κ2) is 7.11. The van der Waals surface area contributed by atoms with Crippen LogP contribution in [-0.4, -0.2) is 18.1 Å². The fourth-order valence-corrected chi connectivity index (χ4v) is 2.18. The van der Waals surface area contributed by atoms with Crippen LogP contribution in [0.15, 0.2) is 48.5 Å². The van der Waals surface area contributed by atoms with E-state index in [-0.39, 0.29) is 5.11 Å². The molecule has 0 fully saturated rings. The summed E-state index contributed by atoms with van der Waals surface area (Å²) >= 11 is 11.0. The first-order valence-electron chi connectivity index (χ1n) is 6.32. The zero-order valence-electron chi connectivity index (χ0n) is 11.7. The van der Waals surface area contributed by atoms with Crippen molar-refractivity contribution in [1.29, 1.82) is 0 Å². The summed E-state index contributed by atoms with van der Waals surface area (Å²) in [7, 11) is 1.55. The van der Waals surface area contributed by atoms with Gasteiger partial charge in [-0.05, 0) is 36.5 Å². The number of nitrogens with zero attached hydrogens (tertiary/aromatic N) is 1. The molecule has 0 atom stereocenters. The Kier molecular flexibility index (Phi) is 5.19. The van der Waals surface area contributed by atoms with Gasteiger partial charge in [-0.25, -0.2) is 5.01 Å². The normalized spacial score (nSPS) is 9.91. The van der Waals surface area contributed by atoms with E-state index in [4.69, 9.17) is 34.3 Å². The molecule has 1 amide bonds. The van der Waals surface area contributed by atoms with E-state index in [1.807, 2.05) is 0 Å². The molecule has 5 nitrogen and oxygen atoms in total. The summed E-state index contributed by atoms with van der Waals surface area (Å²) in [6, 6.07) is 13.7. The molecule has 0 aliphatic rings. The number of hydrogen-bond donors (Lipinski definition) is 2. The Labute approximate surface area is 138 Å². The van der Waals surface area contributed by atoms with Crippen LogP contribution in [0.4, 0.5) is 5.69 Å². The number of nitrogens with one attached hydrogen (secondary N) is 1. The molecule has 0 bridgehead atoms. The van der Waals surface area contributed by atoms with Crippen LogP contribution < -0.4 is 20.9 Å². The van der Waals surface area contributed by atoms with Crippen molar-refractivity contribution in [2.75, 3.05) is 12.1 Å². The molecule has 2 rings (SSSR count). The summed E-state index contributed by atoms with van der Waals surface area (Å²) in [5, 5.41) is 1.63. The Bertz CT molecular complexity index is 709. The quantitative estimate of drug-likeness (QED) is 0.667. The number of anilines is 1. The number of benzene rings is 2. The lowest BCUT2D eigenvalue weighted by Crippen LogP contribution is -2.49. The maximum atomic E-state index is 12.3. The molecule has 7 heteroatoms. The average Bonchev–Trinajstić information content (AvgIpc) is 2.52. The molecule has 22 heavy (non-hydrogen) atoms. The molecule has 114 valence electrons. The van der Waals surface area contributed by atoms with Crippen LogP contribution in [0.1, 0.15) is 10.4 Å². The number of hydrogen-bond acceptors (Lipinski definition) is 3. The fourth-order valence-electron chi connectivity index (χ4n) is 1.80. The van der Waals surface area contributed by atoms with Crippen molar-refractivity contribution in [3.8, 4) is 5.75 Å². The lowest BCUT2D eigenvalue weighted by molar-refractivity contribution is 0.0955. The molecule has 0 aliphatic carbocycles. The third kappa shape index (κ3) is 3.66. The first kappa shape index (κ1) is 16.1. The van der Waals surface area contributed by atoms with Crippen LogP contribution in [0.3, 0.4) is 0 Å². The summed E-state index contributed by atoms with van der Waals surface area (Å²) in [5.74, 6) is 0.201. The van der Waals surface area contributed by atoms with Crippen molar-refractivity contribution >= 4 is 40.5 Å². The van der Waals surface area contributed by atoms with Gasteiger partial charge in [-0.15, -0.1) is 0 Å². The lowest BCUT2D eigenvalue weighted by Gasteiger charge is -2.24. The maximum absolute atomic E-state index is 12.3. The molecule has 0 aliphatic heterocycles. The van der Waals surface area contributed by atoms with Crippen molar-refractivity contribution in [3.63, 3.8) is 0 Å². The van der Waals surface area contributed by atoms with E-state index in [1.54, 1.807) is 55.6 Å². The number of amides is 1. The van der Waals surface area contributed by atoms with Crippen LogP contribution in [0.25, 0.3) is 0 Å². The Hall–Kier alpha value is -2.31. The van der Waals surface area contributed by atoms with Crippen molar-refractivity contribution in [1.82, 2.24) is 5.43 Å². The minimum absolute atomic E-state index is 0.00587. The van der Waals surface area contributed by atoms with E-state index >= 15 is 0 Å². The summed E-state index contributed by atoms with van der Waals surface area (Å²) in [4.78, 5) is 12.3. The van der Waals surface area contributed by atoms with Crippen molar-refractivity contribution < 1.29 is 9.53 Å². The molecule has 3 N–H and O–H groups in total. The summed E-state index contributed by atoms with van der Waals surface area (Å²) in [6.45, 7) is 0. The molecular formula is C15H14ClN3O2S. The van der Waals surface area contributed by atoms with Gasteiger partial charge in [0.2, 0.25) is 0 Å². The molecular weight excluding hydrogens is 322 g/mol. The number of methoxy groups -OCH3 is 1. The molecule has 0 saturated heterocycles. The maximum Gasteiger partial charge on any atom is 0.271 e. The number of carbonyl (C=O) groups excluding carboxylic acids is 1. The number of thiocarbonyl (C=S) groups is 1. The van der Waals surface area contributed by atoms with Gasteiger partial charge < -0.3 is 10.5 Å². The predicted octanol–water partition coefficient (Wildman–Crippen LogP) is 2.74. The zero-order chi connectivity index (χ0) is 16.1. The second-order valence-electron chi connectivity index (χ2n) is 4.30. The zero-order valence-corrected chi connectivity index (χ0v) is 13.3. The van der Waals surface area contributed by atoms with E-state index < -0.39 is 5.91 Å². The summed E-state index contributed by atoms with van der Waals surface area (Å²) < 4.78 is 5.15. The van der Waals surface area contributed by atoms with Crippen LogP contribution in [-0.2, 0) is 0 Å². The number of carbonyl (C=O) groups is 1. The van der Waals surface area contributed by atoms with Crippen LogP contribution in [0, 0.1) is 0 Å². The third-order valence-corrected chi connectivity index (χ3v) is 3.38. The van der Waals surface area contributed by atoms with Gasteiger partial charge in [0.25, 0.3) is 5.91 Å². The second-order valence-corrected chi connectivity index (χ2v) is 5.12. The fraction of sp³-hybridized carbons (Fsp3) is 0.0667. The number of nitrogens with two attached hydrogens (primary N) is 1. The van der Waals surface area contributed by atoms with Gasteiger partial charge in [0.05, 0.1) is 23.4 Å². The Balaban J connectivity index is 2.28. The van der Waals surface area contributed by atoms with Crippen molar-refractivity contribution in [3.05, 3.63) is 59.1 Å². The molecule has 0 spiro atoms. The molecule has 0 saturated carbocycles. The first-order valence-corrected chi connectivity index (χ1v) is 7.10. The van der Waals surface area contributed by atoms with Gasteiger partial charge in [0, 0.05) is 6.07 Å². The van der Waals surface area contributed by atoms with Crippen LogP contribution in [0.5, 0.6) is 5.75 Å².